The van der Waals surface area contributed by atoms with Gasteiger partial charge in [0.1, 0.15) is 0 Å². The first-order chi connectivity index (χ1) is 7.99. The van der Waals surface area contributed by atoms with Gasteiger partial charge in [0, 0.05) is 14.1 Å². The topological polar surface area (TPSA) is 49.9 Å². The molecule has 0 heterocycles. The van der Waals surface area contributed by atoms with Crippen molar-refractivity contribution in [2.24, 2.45) is 0 Å². The smallest absolute Gasteiger partial charge is 0.329 e. The Kier molecular flexibility index (Phi) is 4.48. The zero-order chi connectivity index (χ0) is 13.0. The molecule has 0 atom stereocenters. The molecule has 0 spiro atoms. The lowest BCUT2D eigenvalue weighted by Gasteiger charge is -2.21. The zero-order valence-corrected chi connectivity index (χ0v) is 10.6. The van der Waals surface area contributed by atoms with Gasteiger partial charge in [0.2, 0.25) is 0 Å². The minimum Gasteiger partial charge on any atom is -0.329 e. The van der Waals surface area contributed by atoms with Crippen molar-refractivity contribution in [3.63, 3.8) is 0 Å². The summed E-state index contributed by atoms with van der Waals surface area (Å²) in [5.41, 5.74) is 0.214. The van der Waals surface area contributed by atoms with Crippen molar-refractivity contribution in [3.8, 4) is 0 Å². The molecule has 0 saturated carbocycles. The van der Waals surface area contributed by atoms with Crippen LogP contribution in [0.3, 0.4) is 0 Å². The number of urea groups is 1. The molecule has 17 heavy (non-hydrogen) atoms. The summed E-state index contributed by atoms with van der Waals surface area (Å²) in [5.74, 6) is -0.600. The number of carbonyl (C=O) groups excluding carboxylic acids is 2. The van der Waals surface area contributed by atoms with E-state index < -0.39 is 11.9 Å². The van der Waals surface area contributed by atoms with Crippen LogP contribution in [0.4, 0.5) is 4.79 Å². The Morgan fingerprint density at radius 1 is 1.24 bits per heavy atom. The lowest BCUT2D eigenvalue weighted by atomic mass is 10.2. The highest BCUT2D eigenvalue weighted by molar-refractivity contribution is 6.34. The average molecular weight is 257 g/mol. The second kappa shape index (κ2) is 5.65. The van der Waals surface area contributed by atoms with Crippen LogP contribution in [-0.2, 0) is 4.84 Å². The van der Waals surface area contributed by atoms with Gasteiger partial charge in [-0.05, 0) is 12.1 Å². The Bertz CT molecular complexity index is 434. The van der Waals surface area contributed by atoms with E-state index in [1.165, 1.54) is 32.2 Å². The summed E-state index contributed by atoms with van der Waals surface area (Å²) < 4.78 is 0. The van der Waals surface area contributed by atoms with Gasteiger partial charge in [-0.1, -0.05) is 23.7 Å². The molecule has 0 unspecified atom stereocenters. The lowest BCUT2D eigenvalue weighted by molar-refractivity contribution is -0.0655. The van der Waals surface area contributed by atoms with Gasteiger partial charge in [0.15, 0.2) is 0 Å². The molecule has 0 aliphatic rings. The molecular weight excluding hydrogens is 244 g/mol. The number of hydrogen-bond acceptors (Lipinski definition) is 3. The van der Waals surface area contributed by atoms with Crippen molar-refractivity contribution in [1.29, 1.82) is 0 Å². The van der Waals surface area contributed by atoms with Gasteiger partial charge >= 0.3 is 6.03 Å². The van der Waals surface area contributed by atoms with Crippen molar-refractivity contribution >= 4 is 23.5 Å². The number of hydrogen-bond donors (Lipinski definition) is 0. The fraction of sp³-hybridized carbons (Fsp3) is 0.273. The van der Waals surface area contributed by atoms with Crippen LogP contribution in [0.2, 0.25) is 5.02 Å². The predicted octanol–water partition coefficient (Wildman–Crippen LogP) is 2.03. The number of hydroxylamine groups is 2. The molecule has 1 aromatic carbocycles. The van der Waals surface area contributed by atoms with Crippen molar-refractivity contribution in [2.45, 2.75) is 0 Å². The van der Waals surface area contributed by atoms with Gasteiger partial charge in [-0.2, -0.15) is 0 Å². The summed E-state index contributed by atoms with van der Waals surface area (Å²) in [6.45, 7) is 0. The van der Waals surface area contributed by atoms with E-state index in [1.54, 1.807) is 18.2 Å². The molecule has 0 aliphatic carbocycles. The van der Waals surface area contributed by atoms with Gasteiger partial charge in [-0.15, -0.1) is 5.06 Å². The molecule has 5 nitrogen and oxygen atoms in total. The van der Waals surface area contributed by atoms with Gasteiger partial charge in [-0.25, -0.2) is 4.79 Å². The number of benzene rings is 1. The van der Waals surface area contributed by atoms with Crippen molar-refractivity contribution in [1.82, 2.24) is 9.96 Å². The average Bonchev–Trinajstić information content (AvgIpc) is 2.30. The molecule has 0 N–H and O–H groups in total. The monoisotopic (exact) mass is 256 g/mol. The summed E-state index contributed by atoms with van der Waals surface area (Å²) >= 11 is 5.88. The maximum absolute atomic E-state index is 12.0. The van der Waals surface area contributed by atoms with E-state index in [2.05, 4.69) is 0 Å². The van der Waals surface area contributed by atoms with Gasteiger partial charge in [-0.3, -0.25) is 9.63 Å². The molecule has 3 amide bonds. The van der Waals surface area contributed by atoms with E-state index >= 15 is 0 Å². The molecule has 0 aromatic heterocycles. The molecule has 1 aromatic rings. The lowest BCUT2D eigenvalue weighted by Crippen LogP contribution is -2.42. The summed E-state index contributed by atoms with van der Waals surface area (Å²) in [6.07, 6.45) is 0. The number of rotatable bonds is 2. The molecule has 92 valence electrons. The number of amides is 3. The SMILES string of the molecule is CON(C(=O)c1ccccc1Cl)C(=O)N(C)C. The first-order valence-electron chi connectivity index (χ1n) is 4.83. The first-order valence-corrected chi connectivity index (χ1v) is 5.21. The Hall–Kier alpha value is -1.59. The number of halogens is 1. The summed E-state index contributed by atoms with van der Waals surface area (Å²) in [7, 11) is 4.29. The van der Waals surface area contributed by atoms with Crippen molar-refractivity contribution in [2.75, 3.05) is 21.2 Å². The summed E-state index contributed by atoms with van der Waals surface area (Å²) in [5, 5.41) is 0.924. The third kappa shape index (κ3) is 2.95. The summed E-state index contributed by atoms with van der Waals surface area (Å²) in [6, 6.07) is 5.89. The molecule has 0 fully saturated rings. The van der Waals surface area contributed by atoms with Gasteiger partial charge in [0.05, 0.1) is 17.7 Å². The van der Waals surface area contributed by atoms with E-state index in [9.17, 15) is 9.59 Å². The highest BCUT2D eigenvalue weighted by Gasteiger charge is 2.25. The highest BCUT2D eigenvalue weighted by Crippen LogP contribution is 2.17. The van der Waals surface area contributed by atoms with Crippen LogP contribution in [0.1, 0.15) is 10.4 Å². The van der Waals surface area contributed by atoms with E-state index in [1.807, 2.05) is 0 Å². The van der Waals surface area contributed by atoms with E-state index in [-0.39, 0.29) is 10.6 Å². The zero-order valence-electron chi connectivity index (χ0n) is 9.81. The maximum Gasteiger partial charge on any atom is 0.351 e. The maximum atomic E-state index is 12.0. The van der Waals surface area contributed by atoms with Crippen LogP contribution in [0.5, 0.6) is 0 Å². The van der Waals surface area contributed by atoms with Crippen LogP contribution in [0, 0.1) is 0 Å². The fourth-order valence-electron chi connectivity index (χ4n) is 1.17. The van der Waals surface area contributed by atoms with Crippen LogP contribution < -0.4 is 0 Å². The third-order valence-corrected chi connectivity index (χ3v) is 2.36. The standard InChI is InChI=1S/C11H13ClN2O3/c1-13(2)11(16)14(17-3)10(15)8-6-4-5-7-9(8)12/h4-7H,1-3H3. The second-order valence-corrected chi connectivity index (χ2v) is 3.85. The van der Waals surface area contributed by atoms with E-state index in [0.717, 1.165) is 0 Å². The third-order valence-electron chi connectivity index (χ3n) is 2.03. The molecule has 6 heteroatoms. The molecule has 0 aliphatic heterocycles. The van der Waals surface area contributed by atoms with Gasteiger partial charge < -0.3 is 4.90 Å². The predicted molar refractivity (Wildman–Crippen MR) is 63.7 cm³/mol. The molecule has 1 rings (SSSR count). The van der Waals surface area contributed by atoms with Crippen LogP contribution in [0.25, 0.3) is 0 Å². The fourth-order valence-corrected chi connectivity index (χ4v) is 1.39. The quantitative estimate of drug-likeness (QED) is 0.761. The number of imide groups is 1. The van der Waals surface area contributed by atoms with Gasteiger partial charge in [0.25, 0.3) is 5.91 Å². The van der Waals surface area contributed by atoms with Crippen LogP contribution >= 0.6 is 11.6 Å². The molecular formula is C11H13ClN2O3. The van der Waals surface area contributed by atoms with Crippen molar-refractivity contribution in [3.05, 3.63) is 34.9 Å². The molecule has 0 radical (unpaired) electrons. The minimum atomic E-state index is -0.600. The van der Waals surface area contributed by atoms with E-state index in [4.69, 9.17) is 16.4 Å². The second-order valence-electron chi connectivity index (χ2n) is 3.44. The highest BCUT2D eigenvalue weighted by atomic mass is 35.5. The first kappa shape index (κ1) is 13.5. The number of nitrogens with zero attached hydrogens (tertiary/aromatic N) is 2. The van der Waals surface area contributed by atoms with Crippen LogP contribution in [0.15, 0.2) is 24.3 Å². The Morgan fingerprint density at radius 2 is 1.82 bits per heavy atom. The molecule has 0 saturated heterocycles. The minimum absolute atomic E-state index is 0.214. The normalized spacial score (nSPS) is 9.88. The Morgan fingerprint density at radius 3 is 2.29 bits per heavy atom. The summed E-state index contributed by atoms with van der Waals surface area (Å²) in [4.78, 5) is 29.7. The Balaban J connectivity index is 3.03. The van der Waals surface area contributed by atoms with E-state index in [0.29, 0.717) is 5.06 Å². The van der Waals surface area contributed by atoms with Crippen LogP contribution in [-0.4, -0.2) is 43.1 Å². The largest absolute Gasteiger partial charge is 0.351 e. The number of carbonyl (C=O) groups is 2. The Labute approximate surface area is 104 Å². The van der Waals surface area contributed by atoms with Crippen molar-refractivity contribution < 1.29 is 14.4 Å². The molecule has 0 bridgehead atoms.